The zero-order valence-electron chi connectivity index (χ0n) is 12.8. The Morgan fingerprint density at radius 2 is 1.19 bits per heavy atom. The van der Waals surface area contributed by atoms with Gasteiger partial charge in [-0.15, -0.1) is 0 Å². The molecule has 0 rings (SSSR count). The summed E-state index contributed by atoms with van der Waals surface area (Å²) in [5, 5.41) is 20.4. The summed E-state index contributed by atoms with van der Waals surface area (Å²) in [6.45, 7) is 0.254. The predicted molar refractivity (Wildman–Crippen MR) is 80.7 cm³/mol. The van der Waals surface area contributed by atoms with E-state index in [1.807, 2.05) is 0 Å². The van der Waals surface area contributed by atoms with Gasteiger partial charge in [0.25, 0.3) is 5.91 Å². The summed E-state index contributed by atoms with van der Waals surface area (Å²) in [6.07, 6.45) is -5.28. The van der Waals surface area contributed by atoms with E-state index in [1.165, 1.54) is 5.32 Å². The largest absolute Gasteiger partial charge is 0.480 e. The summed E-state index contributed by atoms with van der Waals surface area (Å²) in [5.41, 5.74) is 0. The van der Waals surface area contributed by atoms with Crippen LogP contribution in [0.1, 0.15) is 6.92 Å². The Balaban J connectivity index is 4.57. The number of nitrogens with one attached hydrogen (secondary N) is 2. The molecule has 0 spiro atoms. The number of aliphatic carboxylic acids is 2. The molecule has 0 aliphatic heterocycles. The minimum absolute atomic E-state index is 0.254. The molecule has 0 saturated carbocycles. The van der Waals surface area contributed by atoms with Gasteiger partial charge in [0.2, 0.25) is 0 Å². The molecule has 0 radical (unpaired) electrons. The Labute approximate surface area is 150 Å². The summed E-state index contributed by atoms with van der Waals surface area (Å²) >= 11 is 0. The first-order chi connectivity index (χ1) is 11.7. The maximum atomic E-state index is 12.7. The monoisotopic (exact) mass is 428 g/mol. The molecule has 2 amide bonds. The maximum absolute atomic E-state index is 12.7. The minimum Gasteiger partial charge on any atom is -0.480 e. The lowest BCUT2D eigenvalue weighted by Crippen LogP contribution is -2.48. The quantitative estimate of drug-likeness (QED) is 0.227. The molecule has 0 aromatic heterocycles. The topological polar surface area (TPSA) is 133 Å². The van der Waals surface area contributed by atoms with E-state index in [0.29, 0.717) is 21.6 Å². The molecule has 0 aliphatic carbocycles. The molecule has 0 saturated heterocycles. The normalized spacial score (nSPS) is 14.2. The fourth-order valence-corrected chi connectivity index (χ4v) is 3.42. The van der Waals surface area contributed by atoms with Crippen LogP contribution in [0.5, 0.6) is 0 Å². The Hall–Kier alpha value is -1.77. The van der Waals surface area contributed by atoms with E-state index in [0.717, 1.165) is 0 Å². The maximum Gasteiger partial charge on any atom is 0.471 e. The number of hydrogen-bond donors (Lipinski definition) is 4. The SMILES string of the molecule is CC(F)(F)C(=O)N[C@@H](CSSC[C@H](NC(=O)C(F)(F)F)C(=O)O)C(=O)O. The lowest BCUT2D eigenvalue weighted by molar-refractivity contribution is -0.175. The molecule has 150 valence electrons. The molecule has 8 nitrogen and oxygen atoms in total. The zero-order chi connectivity index (χ0) is 20.7. The van der Waals surface area contributed by atoms with Crippen LogP contribution in [-0.4, -0.2) is 69.7 Å². The van der Waals surface area contributed by atoms with Crippen LogP contribution in [-0.2, 0) is 19.2 Å². The lowest BCUT2D eigenvalue weighted by Gasteiger charge is -2.18. The molecule has 0 heterocycles. The Bertz CT molecular complexity index is 506. The second kappa shape index (κ2) is 9.80. The molecular weight excluding hydrogens is 415 g/mol. The number of carboxylic acid groups (broad SMARTS) is 2. The summed E-state index contributed by atoms with van der Waals surface area (Å²) in [5.74, 6) is -12.6. The number of alkyl halides is 5. The Morgan fingerprint density at radius 3 is 1.46 bits per heavy atom. The van der Waals surface area contributed by atoms with Crippen LogP contribution in [0, 0.1) is 0 Å². The van der Waals surface area contributed by atoms with E-state index in [9.17, 15) is 41.1 Å². The van der Waals surface area contributed by atoms with Gasteiger partial charge in [-0.05, 0) is 0 Å². The first-order valence-corrected chi connectivity index (χ1v) is 8.91. The predicted octanol–water partition coefficient (Wildman–Crippen LogP) is 0.724. The van der Waals surface area contributed by atoms with Crippen molar-refractivity contribution in [3.63, 3.8) is 0 Å². The van der Waals surface area contributed by atoms with Gasteiger partial charge in [-0.25, -0.2) is 9.59 Å². The molecule has 0 aromatic rings. The lowest BCUT2D eigenvalue weighted by atomic mass is 10.3. The van der Waals surface area contributed by atoms with Crippen molar-refractivity contribution in [1.82, 2.24) is 10.6 Å². The van der Waals surface area contributed by atoms with Gasteiger partial charge in [0.15, 0.2) is 0 Å². The summed E-state index contributed by atoms with van der Waals surface area (Å²) in [4.78, 5) is 43.5. The number of rotatable bonds is 10. The van der Waals surface area contributed by atoms with E-state index in [4.69, 9.17) is 10.2 Å². The molecule has 15 heteroatoms. The molecule has 26 heavy (non-hydrogen) atoms. The van der Waals surface area contributed by atoms with Gasteiger partial charge < -0.3 is 20.8 Å². The number of amides is 2. The van der Waals surface area contributed by atoms with Crippen molar-refractivity contribution in [3.05, 3.63) is 0 Å². The van der Waals surface area contributed by atoms with Gasteiger partial charge in [-0.3, -0.25) is 9.59 Å². The fraction of sp³-hybridized carbons (Fsp3) is 0.636. The molecule has 0 bridgehead atoms. The van der Waals surface area contributed by atoms with Crippen LogP contribution in [0.15, 0.2) is 0 Å². The van der Waals surface area contributed by atoms with Crippen LogP contribution < -0.4 is 10.6 Å². The van der Waals surface area contributed by atoms with E-state index >= 15 is 0 Å². The molecule has 0 aliphatic rings. The third-order valence-corrected chi connectivity index (χ3v) is 4.84. The standard InChI is InChI=1S/C11H13F5N2O6S2/c1-10(12,13)8(23)17-4(6(19)20)2-25-26-3-5(7(21)22)18-9(24)11(14,15)16/h4-5H,2-3H2,1H3,(H,17,23)(H,18,24)(H,19,20)(H,21,22)/t4-,5-/m0/s1. The van der Waals surface area contributed by atoms with Gasteiger partial charge in [-0.1, -0.05) is 21.6 Å². The molecule has 2 atom stereocenters. The van der Waals surface area contributed by atoms with Crippen molar-refractivity contribution in [1.29, 1.82) is 0 Å². The minimum atomic E-state index is -5.28. The second-order valence-electron chi connectivity index (χ2n) is 4.68. The van der Waals surface area contributed by atoms with Gasteiger partial charge >= 0.3 is 29.9 Å². The van der Waals surface area contributed by atoms with Crippen LogP contribution >= 0.6 is 21.6 Å². The second-order valence-corrected chi connectivity index (χ2v) is 7.24. The zero-order valence-corrected chi connectivity index (χ0v) is 14.4. The summed E-state index contributed by atoms with van der Waals surface area (Å²) in [7, 11) is 1.18. The Kier molecular flexibility index (Phi) is 9.13. The van der Waals surface area contributed by atoms with Crippen molar-refractivity contribution in [3.8, 4) is 0 Å². The highest BCUT2D eigenvalue weighted by Crippen LogP contribution is 2.24. The van der Waals surface area contributed by atoms with Gasteiger partial charge in [0.05, 0.1) is 0 Å². The number of carboxylic acids is 2. The summed E-state index contributed by atoms with van der Waals surface area (Å²) < 4.78 is 61.7. The number of hydrogen-bond acceptors (Lipinski definition) is 6. The molecular formula is C11H13F5N2O6S2. The molecule has 0 unspecified atom stereocenters. The molecule has 0 fully saturated rings. The third-order valence-electron chi connectivity index (χ3n) is 2.42. The highest BCUT2D eigenvalue weighted by Gasteiger charge is 2.41. The molecule has 4 N–H and O–H groups in total. The molecule has 0 aromatic carbocycles. The van der Waals surface area contributed by atoms with Crippen LogP contribution in [0.3, 0.4) is 0 Å². The van der Waals surface area contributed by atoms with Gasteiger partial charge in [-0.2, -0.15) is 22.0 Å². The van der Waals surface area contributed by atoms with E-state index in [-0.39, 0.29) is 6.92 Å². The van der Waals surface area contributed by atoms with Crippen molar-refractivity contribution in [2.45, 2.75) is 31.1 Å². The van der Waals surface area contributed by atoms with Crippen LogP contribution in [0.4, 0.5) is 22.0 Å². The van der Waals surface area contributed by atoms with Crippen molar-refractivity contribution in [2.24, 2.45) is 0 Å². The van der Waals surface area contributed by atoms with Crippen LogP contribution in [0.25, 0.3) is 0 Å². The van der Waals surface area contributed by atoms with E-state index in [1.54, 1.807) is 5.32 Å². The Morgan fingerprint density at radius 1 is 0.846 bits per heavy atom. The van der Waals surface area contributed by atoms with E-state index in [2.05, 4.69) is 0 Å². The highest BCUT2D eigenvalue weighted by atomic mass is 33.1. The van der Waals surface area contributed by atoms with Crippen molar-refractivity contribution >= 4 is 45.3 Å². The number of halogens is 5. The summed E-state index contributed by atoms with van der Waals surface area (Å²) in [6, 6.07) is -3.65. The first-order valence-electron chi connectivity index (χ1n) is 6.42. The van der Waals surface area contributed by atoms with Gasteiger partial charge in [0.1, 0.15) is 12.1 Å². The third kappa shape index (κ3) is 9.07. The first kappa shape index (κ1) is 24.2. The van der Waals surface area contributed by atoms with Crippen molar-refractivity contribution < 1.29 is 51.3 Å². The average molecular weight is 428 g/mol. The smallest absolute Gasteiger partial charge is 0.471 e. The number of carbonyl (C=O) groups excluding carboxylic acids is 2. The van der Waals surface area contributed by atoms with E-state index < -0.39 is 59.4 Å². The van der Waals surface area contributed by atoms with Crippen LogP contribution in [0.2, 0.25) is 0 Å². The average Bonchev–Trinajstić information content (AvgIpc) is 2.45. The number of carbonyl (C=O) groups is 4. The fourth-order valence-electron chi connectivity index (χ4n) is 1.11. The van der Waals surface area contributed by atoms with Gasteiger partial charge in [0, 0.05) is 18.4 Å². The highest BCUT2D eigenvalue weighted by molar-refractivity contribution is 8.76. The van der Waals surface area contributed by atoms with Crippen molar-refractivity contribution in [2.75, 3.05) is 11.5 Å².